The lowest BCUT2D eigenvalue weighted by molar-refractivity contribution is 0.0870. The smallest absolute Gasteiger partial charge is 0.0568 e. The molecule has 3 heteroatoms. The molecule has 0 unspecified atom stereocenters. The van der Waals surface area contributed by atoms with Crippen molar-refractivity contribution < 1.29 is 0 Å². The van der Waals surface area contributed by atoms with Gasteiger partial charge >= 0.3 is 0 Å². The average molecular weight is 283 g/mol. The zero-order valence-corrected chi connectivity index (χ0v) is 13.3. The highest BCUT2D eigenvalue weighted by atomic mass is 15.3. The summed E-state index contributed by atoms with van der Waals surface area (Å²) in [5, 5.41) is 4.60. The second kappa shape index (κ2) is 5.64. The molecular weight excluding hydrogens is 258 g/mol. The summed E-state index contributed by atoms with van der Waals surface area (Å²) in [5.41, 5.74) is 2.74. The number of nitrogens with zero attached hydrogens (tertiary/aromatic N) is 3. The van der Waals surface area contributed by atoms with Crippen LogP contribution in [0.2, 0.25) is 0 Å². The van der Waals surface area contributed by atoms with E-state index in [1.165, 1.54) is 24.0 Å². The number of aromatic nitrogens is 2. The van der Waals surface area contributed by atoms with Crippen molar-refractivity contribution in [2.45, 2.75) is 45.2 Å². The number of likely N-dealkylation sites (tertiary alicyclic amines) is 1. The minimum absolute atomic E-state index is 0.282. The van der Waals surface area contributed by atoms with Gasteiger partial charge in [0.1, 0.15) is 0 Å². The zero-order valence-electron chi connectivity index (χ0n) is 13.3. The third-order valence-corrected chi connectivity index (χ3v) is 4.50. The summed E-state index contributed by atoms with van der Waals surface area (Å²) >= 11 is 0. The van der Waals surface area contributed by atoms with E-state index in [0.29, 0.717) is 6.04 Å². The van der Waals surface area contributed by atoms with Gasteiger partial charge in [-0.05, 0) is 39.2 Å². The third-order valence-electron chi connectivity index (χ3n) is 4.50. The summed E-state index contributed by atoms with van der Waals surface area (Å²) in [4.78, 5) is 2.57. The predicted molar refractivity (Wildman–Crippen MR) is 87.3 cm³/mol. The minimum Gasteiger partial charge on any atom is -0.298 e. The molecule has 1 aliphatic rings. The van der Waals surface area contributed by atoms with Crippen molar-refractivity contribution >= 4 is 0 Å². The van der Waals surface area contributed by atoms with E-state index in [2.05, 4.69) is 72.0 Å². The predicted octanol–water partition coefficient (Wildman–Crippen LogP) is 3.99. The Morgan fingerprint density at radius 1 is 1.00 bits per heavy atom. The van der Waals surface area contributed by atoms with Gasteiger partial charge in [0.05, 0.1) is 12.2 Å². The highest BCUT2D eigenvalue weighted by Crippen LogP contribution is 2.28. The van der Waals surface area contributed by atoms with Crippen molar-refractivity contribution in [3.63, 3.8) is 0 Å². The Morgan fingerprint density at radius 3 is 2.29 bits per heavy atom. The molecule has 21 heavy (non-hydrogen) atoms. The molecule has 0 amide bonds. The molecule has 0 bridgehead atoms. The molecule has 112 valence electrons. The molecule has 0 N–H and O–H groups in total. The van der Waals surface area contributed by atoms with Crippen LogP contribution in [0, 0.1) is 0 Å². The van der Waals surface area contributed by atoms with Gasteiger partial charge in [0.2, 0.25) is 0 Å². The van der Waals surface area contributed by atoms with Crippen molar-refractivity contribution in [3.05, 3.63) is 42.7 Å². The Hall–Kier alpha value is -1.61. The zero-order chi connectivity index (χ0) is 14.9. The van der Waals surface area contributed by atoms with E-state index in [9.17, 15) is 0 Å². The Morgan fingerprint density at radius 2 is 1.67 bits per heavy atom. The van der Waals surface area contributed by atoms with Crippen LogP contribution in [0.3, 0.4) is 0 Å². The molecule has 0 atom stereocenters. The molecule has 1 saturated heterocycles. The molecule has 3 nitrogen and oxygen atoms in total. The third kappa shape index (κ3) is 3.18. The van der Waals surface area contributed by atoms with Gasteiger partial charge in [-0.25, -0.2) is 0 Å². The molecule has 1 fully saturated rings. The standard InChI is InChI=1S/C18H25N3/c1-18(2,3)20-11-9-17(10-12-20)21-14-16(13-19-21)15-7-5-4-6-8-15/h4-8,13-14,17H,9-12H2,1-3H3. The first-order valence-corrected chi connectivity index (χ1v) is 7.89. The normalized spacial score (nSPS) is 18.0. The van der Waals surface area contributed by atoms with Gasteiger partial charge in [0.15, 0.2) is 0 Å². The molecule has 2 aromatic rings. The maximum atomic E-state index is 4.60. The summed E-state index contributed by atoms with van der Waals surface area (Å²) in [5.74, 6) is 0. The second-order valence-corrected chi connectivity index (χ2v) is 6.96. The first kappa shape index (κ1) is 14.3. The molecule has 1 aromatic heterocycles. The van der Waals surface area contributed by atoms with Crippen LogP contribution < -0.4 is 0 Å². The quantitative estimate of drug-likeness (QED) is 0.831. The van der Waals surface area contributed by atoms with Crippen molar-refractivity contribution in [2.75, 3.05) is 13.1 Å². The van der Waals surface area contributed by atoms with Crippen molar-refractivity contribution in [2.24, 2.45) is 0 Å². The number of benzene rings is 1. The van der Waals surface area contributed by atoms with Crippen LogP contribution in [0.15, 0.2) is 42.7 Å². The molecule has 0 radical (unpaired) electrons. The summed E-state index contributed by atoms with van der Waals surface area (Å²) in [6, 6.07) is 11.0. The molecule has 2 heterocycles. The second-order valence-electron chi connectivity index (χ2n) is 6.96. The Bertz CT molecular complexity index is 572. The number of hydrogen-bond donors (Lipinski definition) is 0. The maximum Gasteiger partial charge on any atom is 0.0568 e. The van der Waals surface area contributed by atoms with Gasteiger partial charge < -0.3 is 0 Å². The minimum atomic E-state index is 0.282. The summed E-state index contributed by atoms with van der Waals surface area (Å²) in [6.07, 6.45) is 6.57. The topological polar surface area (TPSA) is 21.1 Å². The fourth-order valence-electron chi connectivity index (χ4n) is 3.12. The van der Waals surface area contributed by atoms with E-state index in [0.717, 1.165) is 13.1 Å². The number of piperidine rings is 1. The van der Waals surface area contributed by atoms with Gasteiger partial charge in [-0.2, -0.15) is 5.10 Å². The van der Waals surface area contributed by atoms with Crippen molar-refractivity contribution in [1.82, 2.24) is 14.7 Å². The lowest BCUT2D eigenvalue weighted by Crippen LogP contribution is -2.46. The van der Waals surface area contributed by atoms with Crippen molar-refractivity contribution in [1.29, 1.82) is 0 Å². The lowest BCUT2D eigenvalue weighted by atomic mass is 9.98. The molecule has 0 spiro atoms. The van der Waals surface area contributed by atoms with E-state index in [4.69, 9.17) is 0 Å². The monoisotopic (exact) mass is 283 g/mol. The van der Waals surface area contributed by atoms with Gasteiger partial charge in [-0.15, -0.1) is 0 Å². The van der Waals surface area contributed by atoms with Gasteiger partial charge in [0.25, 0.3) is 0 Å². The van der Waals surface area contributed by atoms with Crippen LogP contribution in [-0.2, 0) is 0 Å². The van der Waals surface area contributed by atoms with Gasteiger partial charge in [-0.3, -0.25) is 9.58 Å². The van der Waals surface area contributed by atoms with Gasteiger partial charge in [-0.1, -0.05) is 30.3 Å². The van der Waals surface area contributed by atoms with E-state index < -0.39 is 0 Å². The SMILES string of the molecule is CC(C)(C)N1CCC(n2cc(-c3ccccc3)cn2)CC1. The summed E-state index contributed by atoms with van der Waals surface area (Å²) < 4.78 is 2.17. The molecular formula is C18H25N3. The van der Waals surface area contributed by atoms with Crippen LogP contribution in [0.25, 0.3) is 11.1 Å². The van der Waals surface area contributed by atoms with Crippen LogP contribution in [-0.4, -0.2) is 33.3 Å². The Labute approximate surface area is 127 Å². The molecule has 1 aliphatic heterocycles. The van der Waals surface area contributed by atoms with Gasteiger partial charge in [0, 0.05) is 30.4 Å². The van der Waals surface area contributed by atoms with Crippen LogP contribution in [0.5, 0.6) is 0 Å². The van der Waals surface area contributed by atoms with E-state index >= 15 is 0 Å². The van der Waals surface area contributed by atoms with Crippen LogP contribution in [0.1, 0.15) is 39.7 Å². The maximum absolute atomic E-state index is 4.60. The van der Waals surface area contributed by atoms with Crippen LogP contribution in [0.4, 0.5) is 0 Å². The highest BCUT2D eigenvalue weighted by Gasteiger charge is 2.27. The summed E-state index contributed by atoms with van der Waals surface area (Å²) in [6.45, 7) is 9.22. The average Bonchev–Trinajstić information content (AvgIpc) is 2.97. The fraction of sp³-hybridized carbons (Fsp3) is 0.500. The Kier molecular flexibility index (Phi) is 3.85. The number of rotatable bonds is 2. The Balaban J connectivity index is 1.68. The largest absolute Gasteiger partial charge is 0.298 e. The first-order chi connectivity index (χ1) is 10.0. The highest BCUT2D eigenvalue weighted by molar-refractivity contribution is 5.61. The summed E-state index contributed by atoms with van der Waals surface area (Å²) in [7, 11) is 0. The van der Waals surface area contributed by atoms with E-state index in [1.807, 2.05) is 6.20 Å². The molecule has 0 saturated carbocycles. The molecule has 0 aliphatic carbocycles. The van der Waals surface area contributed by atoms with E-state index in [1.54, 1.807) is 0 Å². The lowest BCUT2D eigenvalue weighted by Gasteiger charge is -2.40. The van der Waals surface area contributed by atoms with Crippen molar-refractivity contribution in [3.8, 4) is 11.1 Å². The molecule has 3 rings (SSSR count). The molecule has 1 aromatic carbocycles. The van der Waals surface area contributed by atoms with Crippen LogP contribution >= 0.6 is 0 Å². The fourth-order valence-corrected chi connectivity index (χ4v) is 3.12. The van der Waals surface area contributed by atoms with E-state index in [-0.39, 0.29) is 5.54 Å². The first-order valence-electron chi connectivity index (χ1n) is 7.89. The number of hydrogen-bond acceptors (Lipinski definition) is 2.